The van der Waals surface area contributed by atoms with Gasteiger partial charge in [0.2, 0.25) is 0 Å². The van der Waals surface area contributed by atoms with E-state index in [0.717, 1.165) is 13.0 Å². The van der Waals surface area contributed by atoms with Gasteiger partial charge in [-0.05, 0) is 25.2 Å². The first kappa shape index (κ1) is 8.34. The number of ether oxygens (including phenoxy) is 1. The highest BCUT2D eigenvalue weighted by Crippen LogP contribution is 2.18. The van der Waals surface area contributed by atoms with E-state index in [2.05, 4.69) is 24.5 Å². The highest BCUT2D eigenvalue weighted by molar-refractivity contribution is 4.90. The van der Waals surface area contributed by atoms with Crippen molar-refractivity contribution in [3.8, 4) is 0 Å². The van der Waals surface area contributed by atoms with E-state index in [-0.39, 0.29) is 0 Å². The maximum absolute atomic E-state index is 5.24. The summed E-state index contributed by atoms with van der Waals surface area (Å²) >= 11 is 0. The van der Waals surface area contributed by atoms with Crippen molar-refractivity contribution in [3.63, 3.8) is 0 Å². The number of allylic oxidation sites excluding steroid dienone is 2. The van der Waals surface area contributed by atoms with E-state index in [0.29, 0.717) is 11.8 Å². The van der Waals surface area contributed by atoms with E-state index >= 15 is 0 Å². The minimum absolute atomic E-state index is 0.583. The molecule has 1 unspecified atom stereocenters. The molecule has 0 aliphatic heterocycles. The second-order valence-electron chi connectivity index (χ2n) is 3.00. The minimum atomic E-state index is 0.583. The van der Waals surface area contributed by atoms with Gasteiger partial charge in [-0.3, -0.25) is 5.73 Å². The normalized spacial score (nSPS) is 23.2. The summed E-state index contributed by atoms with van der Waals surface area (Å²) in [4.78, 5) is 0. The molecular weight excluding hydrogens is 138 g/mol. The molecule has 0 fully saturated rings. The molecule has 11 heavy (non-hydrogen) atoms. The Balaban J connectivity index is 2.16. The Kier molecular flexibility index (Phi) is 3.17. The smallest absolute Gasteiger partial charge is 0.278 e. The molecule has 0 spiro atoms. The van der Waals surface area contributed by atoms with Crippen molar-refractivity contribution in [2.24, 2.45) is 5.92 Å². The first-order valence-electron chi connectivity index (χ1n) is 4.07. The zero-order chi connectivity index (χ0) is 8.10. The molecule has 1 rings (SSSR count). The standard InChI is InChI=1S/C9H15NO/c1-8(10)11-7-9-5-3-2-4-6-9/h2-3,9H,1,4-7,10H2/p+1. The van der Waals surface area contributed by atoms with Crippen LogP contribution in [0.25, 0.3) is 0 Å². The zero-order valence-corrected chi connectivity index (χ0v) is 6.88. The van der Waals surface area contributed by atoms with Gasteiger partial charge in [0.1, 0.15) is 0 Å². The lowest BCUT2D eigenvalue weighted by Crippen LogP contribution is -2.48. The fourth-order valence-corrected chi connectivity index (χ4v) is 1.24. The summed E-state index contributed by atoms with van der Waals surface area (Å²) < 4.78 is 5.24. The Morgan fingerprint density at radius 2 is 2.45 bits per heavy atom. The topological polar surface area (TPSA) is 36.9 Å². The van der Waals surface area contributed by atoms with Crippen molar-refractivity contribution in [1.29, 1.82) is 0 Å². The third-order valence-corrected chi connectivity index (χ3v) is 1.90. The maximum atomic E-state index is 5.24. The molecular formula is C9H16NO+. The molecule has 0 radical (unpaired) electrons. The van der Waals surface area contributed by atoms with Crippen LogP contribution in [0, 0.1) is 5.92 Å². The van der Waals surface area contributed by atoms with Gasteiger partial charge in [0.25, 0.3) is 5.88 Å². The van der Waals surface area contributed by atoms with E-state index in [1.54, 1.807) is 0 Å². The van der Waals surface area contributed by atoms with Gasteiger partial charge in [-0.1, -0.05) is 12.2 Å². The lowest BCUT2D eigenvalue weighted by Gasteiger charge is -2.16. The Hall–Kier alpha value is -0.760. The van der Waals surface area contributed by atoms with Gasteiger partial charge in [-0.25, -0.2) is 0 Å². The third kappa shape index (κ3) is 3.23. The van der Waals surface area contributed by atoms with Gasteiger partial charge < -0.3 is 4.74 Å². The molecule has 1 aliphatic rings. The van der Waals surface area contributed by atoms with E-state index in [1.807, 2.05) is 0 Å². The quantitative estimate of drug-likeness (QED) is 0.479. The van der Waals surface area contributed by atoms with Crippen LogP contribution in [0.5, 0.6) is 0 Å². The van der Waals surface area contributed by atoms with E-state index < -0.39 is 0 Å². The Morgan fingerprint density at radius 1 is 1.64 bits per heavy atom. The molecule has 62 valence electrons. The van der Waals surface area contributed by atoms with Gasteiger partial charge in [0.15, 0.2) is 0 Å². The van der Waals surface area contributed by atoms with Crippen molar-refractivity contribution in [2.45, 2.75) is 19.3 Å². The van der Waals surface area contributed by atoms with Crippen LogP contribution < -0.4 is 5.73 Å². The van der Waals surface area contributed by atoms with Crippen molar-refractivity contribution in [2.75, 3.05) is 6.61 Å². The van der Waals surface area contributed by atoms with E-state index in [1.165, 1.54) is 12.8 Å². The predicted octanol–water partition coefficient (Wildman–Crippen LogP) is 1.07. The third-order valence-electron chi connectivity index (χ3n) is 1.90. The lowest BCUT2D eigenvalue weighted by molar-refractivity contribution is -0.357. The molecule has 0 bridgehead atoms. The van der Waals surface area contributed by atoms with Crippen LogP contribution in [0.3, 0.4) is 0 Å². The molecule has 2 nitrogen and oxygen atoms in total. The predicted molar refractivity (Wildman–Crippen MR) is 44.5 cm³/mol. The van der Waals surface area contributed by atoms with Crippen LogP contribution >= 0.6 is 0 Å². The lowest BCUT2D eigenvalue weighted by atomic mass is 9.95. The average Bonchev–Trinajstić information content (AvgIpc) is 2.03. The Bertz CT molecular complexity index is 163. The van der Waals surface area contributed by atoms with Crippen molar-refractivity contribution >= 4 is 0 Å². The number of hydrogen-bond acceptors (Lipinski definition) is 1. The van der Waals surface area contributed by atoms with Crippen LogP contribution in [-0.2, 0) is 4.74 Å². The van der Waals surface area contributed by atoms with E-state index in [9.17, 15) is 0 Å². The van der Waals surface area contributed by atoms with Gasteiger partial charge in [0.05, 0.1) is 6.61 Å². The Labute approximate surface area is 67.7 Å². The second-order valence-corrected chi connectivity index (χ2v) is 3.00. The molecule has 3 N–H and O–H groups in total. The summed E-state index contributed by atoms with van der Waals surface area (Å²) in [6.45, 7) is 4.37. The molecule has 0 saturated carbocycles. The second kappa shape index (κ2) is 4.19. The van der Waals surface area contributed by atoms with Crippen LogP contribution in [0.4, 0.5) is 0 Å². The van der Waals surface area contributed by atoms with Crippen molar-refractivity contribution in [1.82, 2.24) is 0 Å². The largest absolute Gasteiger partial charge is 0.452 e. The summed E-state index contributed by atoms with van der Waals surface area (Å²) in [6, 6.07) is 0. The fraction of sp³-hybridized carbons (Fsp3) is 0.556. The molecule has 0 aromatic rings. The van der Waals surface area contributed by atoms with Gasteiger partial charge >= 0.3 is 0 Å². The van der Waals surface area contributed by atoms with Gasteiger partial charge in [0, 0.05) is 6.58 Å². The fourth-order valence-electron chi connectivity index (χ4n) is 1.24. The molecule has 2 heteroatoms. The number of hydrogen-bond donors (Lipinski definition) is 1. The zero-order valence-electron chi connectivity index (χ0n) is 6.88. The number of rotatable bonds is 3. The molecule has 0 heterocycles. The molecule has 0 aromatic heterocycles. The summed E-state index contributed by atoms with van der Waals surface area (Å²) in [6.07, 6.45) is 8.04. The van der Waals surface area contributed by atoms with Crippen molar-refractivity contribution < 1.29 is 10.5 Å². The number of quaternary nitrogens is 1. The monoisotopic (exact) mass is 154 g/mol. The summed E-state index contributed by atoms with van der Waals surface area (Å²) in [7, 11) is 0. The van der Waals surface area contributed by atoms with Crippen LogP contribution in [0.2, 0.25) is 0 Å². The van der Waals surface area contributed by atoms with E-state index in [4.69, 9.17) is 4.74 Å². The average molecular weight is 154 g/mol. The van der Waals surface area contributed by atoms with Gasteiger partial charge in [-0.15, -0.1) is 0 Å². The summed E-state index contributed by atoms with van der Waals surface area (Å²) in [5, 5.41) is 0. The molecule has 0 aromatic carbocycles. The summed E-state index contributed by atoms with van der Waals surface area (Å²) in [5.74, 6) is 1.26. The highest BCUT2D eigenvalue weighted by Gasteiger charge is 2.10. The molecule has 1 atom stereocenters. The molecule has 0 saturated heterocycles. The molecule has 0 amide bonds. The summed E-state index contributed by atoms with van der Waals surface area (Å²) in [5.41, 5.74) is 3.59. The van der Waals surface area contributed by atoms with Crippen LogP contribution in [-0.4, -0.2) is 6.61 Å². The SMILES string of the molecule is C=C([NH3+])OCC1CC=CCC1. The maximum Gasteiger partial charge on any atom is 0.278 e. The van der Waals surface area contributed by atoms with Crippen LogP contribution in [0.1, 0.15) is 19.3 Å². The minimum Gasteiger partial charge on any atom is -0.452 e. The first-order valence-corrected chi connectivity index (χ1v) is 4.07. The van der Waals surface area contributed by atoms with Gasteiger partial charge in [-0.2, -0.15) is 0 Å². The highest BCUT2D eigenvalue weighted by atomic mass is 16.5. The molecule has 1 aliphatic carbocycles. The van der Waals surface area contributed by atoms with Crippen molar-refractivity contribution in [3.05, 3.63) is 24.6 Å². The Morgan fingerprint density at radius 3 is 3.00 bits per heavy atom. The first-order chi connectivity index (χ1) is 5.29. The van der Waals surface area contributed by atoms with Crippen LogP contribution in [0.15, 0.2) is 24.6 Å².